The third-order valence-corrected chi connectivity index (χ3v) is 7.70. The molecule has 0 atom stereocenters. The molecule has 7 aromatic rings. The topological polar surface area (TPSA) is 4.93 Å². The van der Waals surface area contributed by atoms with Gasteiger partial charge < -0.3 is 4.57 Å². The number of halogens is 1. The molecule has 1 aromatic heterocycles. The molecular weight excluding hydrogens is 526 g/mol. The Morgan fingerprint density at radius 1 is 0.395 bits per heavy atom. The lowest BCUT2D eigenvalue weighted by molar-refractivity contribution is 1.18. The molecule has 38 heavy (non-hydrogen) atoms. The van der Waals surface area contributed by atoms with Gasteiger partial charge in [0.1, 0.15) is 0 Å². The Kier molecular flexibility index (Phi) is 5.68. The number of benzene rings is 6. The van der Waals surface area contributed by atoms with E-state index in [1.807, 2.05) is 0 Å². The van der Waals surface area contributed by atoms with Crippen LogP contribution in [0.25, 0.3) is 60.9 Å². The summed E-state index contributed by atoms with van der Waals surface area (Å²) >= 11 is 3.77. The van der Waals surface area contributed by atoms with Crippen molar-refractivity contribution in [1.82, 2.24) is 4.57 Å². The van der Waals surface area contributed by atoms with Crippen LogP contribution >= 0.6 is 15.9 Å². The van der Waals surface area contributed by atoms with Crippen molar-refractivity contribution in [1.29, 1.82) is 0 Å². The van der Waals surface area contributed by atoms with E-state index in [1.165, 1.54) is 60.9 Å². The van der Waals surface area contributed by atoms with Crippen molar-refractivity contribution in [2.45, 2.75) is 0 Å². The quantitative estimate of drug-likeness (QED) is 0.205. The summed E-state index contributed by atoms with van der Waals surface area (Å²) in [5, 5.41) is 2.53. The first-order valence-corrected chi connectivity index (χ1v) is 13.6. The zero-order chi connectivity index (χ0) is 25.5. The number of aromatic nitrogens is 1. The van der Waals surface area contributed by atoms with Gasteiger partial charge in [-0.1, -0.05) is 119 Å². The second-order valence-electron chi connectivity index (χ2n) is 9.56. The van der Waals surface area contributed by atoms with E-state index in [1.54, 1.807) is 0 Å². The molecule has 0 bridgehead atoms. The fraction of sp³-hybridized carbons (Fsp3) is 0. The highest BCUT2D eigenvalue weighted by molar-refractivity contribution is 9.10. The summed E-state index contributed by atoms with van der Waals surface area (Å²) < 4.78 is 3.45. The molecule has 0 N–H and O–H groups in total. The first-order chi connectivity index (χ1) is 18.8. The second kappa shape index (κ2) is 9.48. The second-order valence-corrected chi connectivity index (χ2v) is 10.5. The zero-order valence-corrected chi connectivity index (χ0v) is 22.3. The van der Waals surface area contributed by atoms with Crippen LogP contribution in [0.15, 0.2) is 150 Å². The van der Waals surface area contributed by atoms with Gasteiger partial charge in [-0.2, -0.15) is 0 Å². The normalized spacial score (nSPS) is 11.3. The van der Waals surface area contributed by atoms with Crippen LogP contribution < -0.4 is 0 Å². The predicted molar refractivity (Wildman–Crippen MR) is 165 cm³/mol. The van der Waals surface area contributed by atoms with Crippen molar-refractivity contribution in [3.63, 3.8) is 0 Å². The minimum absolute atomic E-state index is 1.07. The molecule has 6 aromatic carbocycles. The van der Waals surface area contributed by atoms with E-state index in [4.69, 9.17) is 0 Å². The molecule has 0 saturated carbocycles. The van der Waals surface area contributed by atoms with Crippen LogP contribution in [0.2, 0.25) is 0 Å². The van der Waals surface area contributed by atoms with Crippen molar-refractivity contribution in [3.05, 3.63) is 150 Å². The van der Waals surface area contributed by atoms with Gasteiger partial charge in [0.25, 0.3) is 0 Å². The molecule has 0 aliphatic carbocycles. The molecule has 0 amide bonds. The summed E-state index contributed by atoms with van der Waals surface area (Å²) in [7, 11) is 0. The zero-order valence-electron chi connectivity index (χ0n) is 20.7. The van der Waals surface area contributed by atoms with Crippen molar-refractivity contribution >= 4 is 37.7 Å². The Hall–Kier alpha value is -4.40. The minimum Gasteiger partial charge on any atom is -0.309 e. The van der Waals surface area contributed by atoms with E-state index in [0.29, 0.717) is 0 Å². The Balaban J connectivity index is 1.44. The maximum atomic E-state index is 3.77. The van der Waals surface area contributed by atoms with Crippen LogP contribution in [0.1, 0.15) is 0 Å². The summed E-state index contributed by atoms with van der Waals surface area (Å²) in [6.45, 7) is 0. The average Bonchev–Trinajstić information content (AvgIpc) is 3.31. The van der Waals surface area contributed by atoms with E-state index in [2.05, 4.69) is 166 Å². The van der Waals surface area contributed by atoms with Crippen LogP contribution in [0, 0.1) is 0 Å². The van der Waals surface area contributed by atoms with Crippen LogP contribution in [-0.4, -0.2) is 4.57 Å². The van der Waals surface area contributed by atoms with Crippen molar-refractivity contribution in [2.24, 2.45) is 0 Å². The molecule has 7 rings (SSSR count). The Labute approximate surface area is 230 Å². The summed E-state index contributed by atoms with van der Waals surface area (Å²) in [5.74, 6) is 0. The van der Waals surface area contributed by atoms with Gasteiger partial charge in [-0.05, 0) is 75.8 Å². The molecule has 2 heteroatoms. The Morgan fingerprint density at radius 2 is 1.00 bits per heavy atom. The standard InChI is InChI=1S/C36H24BrN/c37-29-22-27(25-11-3-1-4-12-25)21-28(23-29)32-16-8-7-15-31(32)26-19-20-34-33-17-9-10-18-35(33)38(36(34)24-26)30-13-5-2-6-14-30/h1-24H. The molecule has 180 valence electrons. The lowest BCUT2D eigenvalue weighted by Crippen LogP contribution is -1.93. The molecular formula is C36H24BrN. The van der Waals surface area contributed by atoms with Crippen molar-refractivity contribution < 1.29 is 0 Å². The molecule has 0 aliphatic heterocycles. The summed E-state index contributed by atoms with van der Waals surface area (Å²) in [4.78, 5) is 0. The lowest BCUT2D eigenvalue weighted by atomic mass is 9.92. The number of hydrogen-bond donors (Lipinski definition) is 0. The minimum atomic E-state index is 1.07. The van der Waals surface area contributed by atoms with Crippen LogP contribution in [-0.2, 0) is 0 Å². The van der Waals surface area contributed by atoms with E-state index in [9.17, 15) is 0 Å². The molecule has 0 fully saturated rings. The van der Waals surface area contributed by atoms with Crippen molar-refractivity contribution in [2.75, 3.05) is 0 Å². The van der Waals surface area contributed by atoms with E-state index in [0.717, 1.165) is 4.47 Å². The number of para-hydroxylation sites is 2. The molecule has 1 nitrogen and oxygen atoms in total. The third-order valence-electron chi connectivity index (χ3n) is 7.24. The average molecular weight is 550 g/mol. The molecule has 0 spiro atoms. The number of hydrogen-bond acceptors (Lipinski definition) is 0. The summed E-state index contributed by atoms with van der Waals surface area (Å²) in [5.41, 5.74) is 10.8. The fourth-order valence-electron chi connectivity index (χ4n) is 5.52. The van der Waals surface area contributed by atoms with Gasteiger partial charge in [-0.3, -0.25) is 0 Å². The van der Waals surface area contributed by atoms with Gasteiger partial charge in [-0.15, -0.1) is 0 Å². The first-order valence-electron chi connectivity index (χ1n) is 12.8. The van der Waals surface area contributed by atoms with Gasteiger partial charge in [0.15, 0.2) is 0 Å². The highest BCUT2D eigenvalue weighted by atomic mass is 79.9. The van der Waals surface area contributed by atoms with E-state index < -0.39 is 0 Å². The maximum Gasteiger partial charge on any atom is 0.0547 e. The number of nitrogens with zero attached hydrogens (tertiary/aromatic N) is 1. The molecule has 0 radical (unpaired) electrons. The van der Waals surface area contributed by atoms with Gasteiger partial charge in [-0.25, -0.2) is 0 Å². The molecule has 0 unspecified atom stereocenters. The maximum absolute atomic E-state index is 3.77. The first kappa shape index (κ1) is 22.8. The predicted octanol–water partition coefficient (Wildman–Crippen LogP) is 10.5. The number of rotatable bonds is 4. The van der Waals surface area contributed by atoms with Gasteiger partial charge in [0, 0.05) is 20.9 Å². The van der Waals surface area contributed by atoms with E-state index in [-0.39, 0.29) is 0 Å². The van der Waals surface area contributed by atoms with Gasteiger partial charge in [0.2, 0.25) is 0 Å². The molecule has 1 heterocycles. The van der Waals surface area contributed by atoms with Crippen molar-refractivity contribution in [3.8, 4) is 39.1 Å². The van der Waals surface area contributed by atoms with Crippen LogP contribution in [0.4, 0.5) is 0 Å². The SMILES string of the molecule is Brc1cc(-c2ccccc2)cc(-c2ccccc2-c2ccc3c4ccccc4n(-c4ccccc4)c3c2)c1. The summed E-state index contributed by atoms with van der Waals surface area (Å²) in [6.07, 6.45) is 0. The third kappa shape index (κ3) is 3.95. The summed E-state index contributed by atoms with van der Waals surface area (Å²) in [6, 6.07) is 52.2. The van der Waals surface area contributed by atoms with Crippen LogP contribution in [0.3, 0.4) is 0 Å². The smallest absolute Gasteiger partial charge is 0.0547 e. The molecule has 0 saturated heterocycles. The highest BCUT2D eigenvalue weighted by Gasteiger charge is 2.15. The van der Waals surface area contributed by atoms with Crippen LogP contribution in [0.5, 0.6) is 0 Å². The van der Waals surface area contributed by atoms with Gasteiger partial charge in [0.05, 0.1) is 11.0 Å². The van der Waals surface area contributed by atoms with Gasteiger partial charge >= 0.3 is 0 Å². The Morgan fingerprint density at radius 3 is 1.79 bits per heavy atom. The number of fused-ring (bicyclic) bond motifs is 3. The highest BCUT2D eigenvalue weighted by Crippen LogP contribution is 2.39. The molecule has 0 aliphatic rings. The fourth-order valence-corrected chi connectivity index (χ4v) is 6.02. The lowest BCUT2D eigenvalue weighted by Gasteiger charge is -2.14. The van der Waals surface area contributed by atoms with E-state index >= 15 is 0 Å². The largest absolute Gasteiger partial charge is 0.309 e. The monoisotopic (exact) mass is 549 g/mol. The Bertz CT molecular complexity index is 1920.